The van der Waals surface area contributed by atoms with Crippen molar-refractivity contribution in [3.05, 3.63) is 105 Å². The third-order valence-electron chi connectivity index (χ3n) is 9.75. The lowest BCUT2D eigenvalue weighted by Crippen LogP contribution is -2.55. The standard InChI is InChI=1S/C27H35N3O3.C12H12N2O5/c1-26(2,3)27(21-14-15-22-23(19-21)33-25(32)29(22)4)16-10-18-30(27)24(31)28-17-9-8-13-20-11-6-5-7-12-20;15-9(2-1-5-13-11(16)17)7-3-4-8-10(6-7)19-12(18)14-8/h5-7,11-12,14-15,19H,8-10,13,16-18H2,1-4H3,(H,28,31);3-4,6,13H,1-2,5H2,(H,14,18)(H,16,17). The molecule has 6 rings (SSSR count). The quantitative estimate of drug-likeness (QED) is 0.0878. The first kappa shape index (κ1) is 37.7. The Hall–Kier alpha value is -5.59. The van der Waals surface area contributed by atoms with E-state index in [4.69, 9.17) is 13.9 Å². The van der Waals surface area contributed by atoms with Crippen LogP contribution in [0, 0.1) is 5.41 Å². The van der Waals surface area contributed by atoms with Crippen molar-refractivity contribution >= 4 is 40.1 Å². The van der Waals surface area contributed by atoms with Crippen LogP contribution in [0.1, 0.15) is 80.8 Å². The van der Waals surface area contributed by atoms with E-state index in [1.165, 1.54) is 16.2 Å². The maximum atomic E-state index is 13.4. The zero-order valence-electron chi connectivity index (χ0n) is 30.1. The first-order chi connectivity index (χ1) is 24.8. The van der Waals surface area contributed by atoms with Crippen LogP contribution in [0.25, 0.3) is 22.2 Å². The van der Waals surface area contributed by atoms with Crippen LogP contribution in [0.2, 0.25) is 0 Å². The summed E-state index contributed by atoms with van der Waals surface area (Å²) in [6.45, 7) is 8.15. The average Bonchev–Trinajstić information content (AvgIpc) is 3.81. The minimum absolute atomic E-state index is 0.0169. The molecule has 0 saturated carbocycles. The van der Waals surface area contributed by atoms with Crippen molar-refractivity contribution in [1.29, 1.82) is 0 Å². The predicted molar refractivity (Wildman–Crippen MR) is 198 cm³/mol. The summed E-state index contributed by atoms with van der Waals surface area (Å²) in [6.07, 6.45) is 4.35. The second-order valence-corrected chi connectivity index (χ2v) is 14.1. The lowest BCUT2D eigenvalue weighted by atomic mass is 9.67. The number of H-pyrrole nitrogens is 1. The van der Waals surface area contributed by atoms with Crippen LogP contribution in [-0.4, -0.2) is 57.1 Å². The number of hydrogen-bond donors (Lipinski definition) is 4. The number of fused-ring (bicyclic) bond motifs is 2. The number of carbonyl (C=O) groups excluding carboxylic acids is 2. The predicted octanol–water partition coefficient (Wildman–Crippen LogP) is 6.55. The van der Waals surface area contributed by atoms with Crippen LogP contribution in [-0.2, 0) is 19.0 Å². The monoisotopic (exact) mass is 713 g/mol. The van der Waals surface area contributed by atoms with Gasteiger partial charge in [-0.25, -0.2) is 19.2 Å². The molecule has 13 heteroatoms. The van der Waals surface area contributed by atoms with Crippen LogP contribution in [0.4, 0.5) is 9.59 Å². The SMILES string of the molecule is Cn1c(=O)oc2cc(C3(C(C)(C)C)CCCN3C(=O)NCCCCc3ccccc3)ccc21.O=C(O)NCCCC(=O)c1ccc2[nH]c(=O)oc2c1. The van der Waals surface area contributed by atoms with Gasteiger partial charge in [-0.05, 0) is 85.4 Å². The molecular formula is C39H47N5O8. The number of Topliss-reactive ketones (excluding diaryl/α,β-unsaturated/α-hetero) is 1. The van der Waals surface area contributed by atoms with Crippen LogP contribution in [0.15, 0.2) is 85.2 Å². The molecule has 276 valence electrons. The number of aromatic nitrogens is 2. The topological polar surface area (TPSA) is 180 Å². The van der Waals surface area contributed by atoms with Gasteiger partial charge in [0.2, 0.25) is 0 Å². The van der Waals surface area contributed by atoms with E-state index in [1.54, 1.807) is 19.2 Å². The Balaban J connectivity index is 0.000000233. The molecule has 3 heterocycles. The highest BCUT2D eigenvalue weighted by atomic mass is 16.4. The van der Waals surface area contributed by atoms with Crippen LogP contribution in [0.3, 0.4) is 0 Å². The van der Waals surface area contributed by atoms with Crippen molar-refractivity contribution in [1.82, 2.24) is 25.1 Å². The number of nitrogens with zero attached hydrogens (tertiary/aromatic N) is 2. The van der Waals surface area contributed by atoms with Gasteiger partial charge in [0.05, 0.1) is 16.6 Å². The van der Waals surface area contributed by atoms with Crippen LogP contribution in [0.5, 0.6) is 0 Å². The number of unbranched alkanes of at least 4 members (excludes halogenated alkanes) is 1. The van der Waals surface area contributed by atoms with Crippen LogP contribution >= 0.6 is 0 Å². The molecule has 2 aromatic heterocycles. The van der Waals surface area contributed by atoms with Gasteiger partial charge in [-0.15, -0.1) is 0 Å². The van der Waals surface area contributed by atoms with Crippen molar-refractivity contribution in [3.8, 4) is 0 Å². The van der Waals surface area contributed by atoms with Gasteiger partial charge in [0.1, 0.15) is 0 Å². The molecule has 1 saturated heterocycles. The molecule has 3 aromatic carbocycles. The number of rotatable bonds is 11. The summed E-state index contributed by atoms with van der Waals surface area (Å²) in [5.41, 5.74) is 4.32. The Kier molecular flexibility index (Phi) is 11.7. The Bertz CT molecular complexity index is 2140. The fourth-order valence-electron chi connectivity index (χ4n) is 7.09. The number of carboxylic acid groups (broad SMARTS) is 1. The maximum Gasteiger partial charge on any atom is 0.419 e. The molecule has 0 spiro atoms. The number of oxazole rings is 2. The number of amides is 3. The van der Waals surface area contributed by atoms with Crippen molar-refractivity contribution < 1.29 is 28.3 Å². The molecule has 5 aromatic rings. The smallest absolute Gasteiger partial charge is 0.419 e. The Morgan fingerprint density at radius 2 is 1.65 bits per heavy atom. The summed E-state index contributed by atoms with van der Waals surface area (Å²) in [4.78, 5) is 62.9. The molecule has 1 atom stereocenters. The molecule has 3 amide bonds. The molecule has 0 aliphatic carbocycles. The number of benzene rings is 3. The summed E-state index contributed by atoms with van der Waals surface area (Å²) < 4.78 is 11.8. The highest BCUT2D eigenvalue weighted by Crippen LogP contribution is 2.51. The number of hydrogen-bond acceptors (Lipinski definition) is 7. The average molecular weight is 714 g/mol. The molecule has 52 heavy (non-hydrogen) atoms. The van der Waals surface area contributed by atoms with Gasteiger partial charge in [-0.3, -0.25) is 14.3 Å². The molecule has 1 fully saturated rings. The number of carbonyl (C=O) groups is 3. The van der Waals surface area contributed by atoms with E-state index in [1.807, 2.05) is 29.2 Å². The minimum Gasteiger partial charge on any atom is -0.465 e. The normalized spacial score (nSPS) is 15.7. The molecule has 0 radical (unpaired) electrons. The Labute approximate surface area is 301 Å². The van der Waals surface area contributed by atoms with E-state index in [0.717, 1.165) is 43.2 Å². The number of ketones is 1. The fourth-order valence-corrected chi connectivity index (χ4v) is 7.09. The molecule has 13 nitrogen and oxygen atoms in total. The third kappa shape index (κ3) is 8.47. The second kappa shape index (κ2) is 16.2. The van der Waals surface area contributed by atoms with Gasteiger partial charge in [-0.1, -0.05) is 57.2 Å². The van der Waals surface area contributed by atoms with Gasteiger partial charge < -0.3 is 29.5 Å². The van der Waals surface area contributed by atoms with Gasteiger partial charge in [0.25, 0.3) is 0 Å². The zero-order valence-corrected chi connectivity index (χ0v) is 30.1. The number of aryl methyl sites for hydroxylation is 2. The van der Waals surface area contributed by atoms with E-state index in [2.05, 4.69) is 60.7 Å². The molecular weight excluding hydrogens is 666 g/mol. The van der Waals surface area contributed by atoms with E-state index in [-0.39, 0.29) is 36.0 Å². The van der Waals surface area contributed by atoms with E-state index in [9.17, 15) is 24.0 Å². The zero-order chi connectivity index (χ0) is 37.5. The van der Waals surface area contributed by atoms with Gasteiger partial charge in [-0.2, -0.15) is 0 Å². The van der Waals surface area contributed by atoms with Crippen molar-refractivity contribution in [2.24, 2.45) is 12.5 Å². The largest absolute Gasteiger partial charge is 0.465 e. The van der Waals surface area contributed by atoms with E-state index >= 15 is 0 Å². The van der Waals surface area contributed by atoms with Gasteiger partial charge >= 0.3 is 23.6 Å². The lowest BCUT2D eigenvalue weighted by molar-refractivity contribution is 0.0489. The Morgan fingerprint density at radius 1 is 0.904 bits per heavy atom. The maximum absolute atomic E-state index is 13.4. The van der Waals surface area contributed by atoms with Crippen LogP contribution < -0.4 is 22.1 Å². The lowest BCUT2D eigenvalue weighted by Gasteiger charge is -2.48. The molecule has 1 aliphatic rings. The summed E-state index contributed by atoms with van der Waals surface area (Å²) in [7, 11) is 1.71. The Morgan fingerprint density at radius 3 is 2.38 bits per heavy atom. The number of aromatic amines is 1. The highest BCUT2D eigenvalue weighted by Gasteiger charge is 2.53. The molecule has 4 N–H and O–H groups in total. The first-order valence-electron chi connectivity index (χ1n) is 17.6. The summed E-state index contributed by atoms with van der Waals surface area (Å²) in [6, 6.07) is 21.1. The number of likely N-dealkylation sites (tertiary alicyclic amines) is 1. The van der Waals surface area contributed by atoms with Crippen molar-refractivity contribution in [2.45, 2.75) is 71.3 Å². The molecule has 1 aliphatic heterocycles. The number of nitrogens with one attached hydrogen (secondary N) is 3. The fraction of sp³-hybridized carbons (Fsp3) is 0.410. The van der Waals surface area contributed by atoms with Crippen molar-refractivity contribution in [2.75, 3.05) is 19.6 Å². The highest BCUT2D eigenvalue weighted by molar-refractivity contribution is 5.98. The summed E-state index contributed by atoms with van der Waals surface area (Å²) in [5, 5.41) is 13.7. The minimum atomic E-state index is -1.11. The molecule has 0 bridgehead atoms. The van der Waals surface area contributed by atoms with Gasteiger partial charge in [0.15, 0.2) is 16.9 Å². The van der Waals surface area contributed by atoms with Gasteiger partial charge in [0, 0.05) is 38.7 Å². The third-order valence-corrected chi connectivity index (χ3v) is 9.75. The number of urea groups is 1. The summed E-state index contributed by atoms with van der Waals surface area (Å²) >= 11 is 0. The second-order valence-electron chi connectivity index (χ2n) is 14.1. The summed E-state index contributed by atoms with van der Waals surface area (Å²) in [5.74, 6) is -1.06. The molecule has 1 unspecified atom stereocenters. The van der Waals surface area contributed by atoms with E-state index in [0.29, 0.717) is 41.8 Å². The van der Waals surface area contributed by atoms with Crippen molar-refractivity contribution in [3.63, 3.8) is 0 Å². The van der Waals surface area contributed by atoms with E-state index < -0.39 is 17.4 Å². The first-order valence-corrected chi connectivity index (χ1v) is 17.6.